The fourth-order valence-corrected chi connectivity index (χ4v) is 1.49. The molecule has 0 fully saturated rings. The molecule has 0 atom stereocenters. The maximum absolute atomic E-state index is 12.1. The number of carbonyl (C=O) groups is 2. The second-order valence-corrected chi connectivity index (χ2v) is 4.07. The Morgan fingerprint density at radius 3 is 2.61 bits per heavy atom. The summed E-state index contributed by atoms with van der Waals surface area (Å²) in [5.41, 5.74) is 2.19. The zero-order valence-electron chi connectivity index (χ0n) is 10.8. The first kappa shape index (κ1) is 14.0. The Morgan fingerprint density at radius 2 is 2.06 bits per heavy atom. The lowest BCUT2D eigenvalue weighted by atomic mass is 10.0. The zero-order chi connectivity index (χ0) is 13.7. The highest BCUT2D eigenvalue weighted by atomic mass is 16.4. The Balaban J connectivity index is 3.09. The van der Waals surface area contributed by atoms with Crippen molar-refractivity contribution in [2.24, 2.45) is 0 Å². The molecule has 0 saturated heterocycles. The van der Waals surface area contributed by atoms with Crippen molar-refractivity contribution in [3.05, 3.63) is 41.0 Å². The highest BCUT2D eigenvalue weighted by molar-refractivity contribution is 5.96. The van der Waals surface area contributed by atoms with Gasteiger partial charge in [0.25, 0.3) is 5.91 Å². The van der Waals surface area contributed by atoms with Gasteiger partial charge in [0, 0.05) is 25.2 Å². The molecule has 18 heavy (non-hydrogen) atoms. The van der Waals surface area contributed by atoms with Gasteiger partial charge in [0.1, 0.15) is 0 Å². The number of benzene rings is 1. The Morgan fingerprint density at radius 1 is 1.39 bits per heavy atom. The van der Waals surface area contributed by atoms with Gasteiger partial charge >= 0.3 is 5.97 Å². The molecule has 1 aromatic carbocycles. The molecule has 0 heterocycles. The molecule has 0 radical (unpaired) electrons. The first-order valence-corrected chi connectivity index (χ1v) is 5.72. The van der Waals surface area contributed by atoms with Crippen LogP contribution in [0, 0.1) is 6.92 Å². The van der Waals surface area contributed by atoms with Crippen LogP contribution in [0.5, 0.6) is 0 Å². The zero-order valence-corrected chi connectivity index (χ0v) is 10.8. The van der Waals surface area contributed by atoms with Crippen LogP contribution in [0.15, 0.2) is 24.3 Å². The highest BCUT2D eigenvalue weighted by Crippen LogP contribution is 2.14. The molecule has 1 N–H and O–H groups in total. The predicted molar refractivity (Wildman–Crippen MR) is 70.5 cm³/mol. The van der Waals surface area contributed by atoms with Crippen LogP contribution in [0.25, 0.3) is 6.08 Å². The minimum absolute atomic E-state index is 0.0550. The summed E-state index contributed by atoms with van der Waals surface area (Å²) < 4.78 is 0. The van der Waals surface area contributed by atoms with Crippen molar-refractivity contribution < 1.29 is 14.7 Å². The third-order valence-electron chi connectivity index (χ3n) is 2.73. The second kappa shape index (κ2) is 6.00. The summed E-state index contributed by atoms with van der Waals surface area (Å²) in [7, 11) is 1.74. The molecule has 0 unspecified atom stereocenters. The van der Waals surface area contributed by atoms with Gasteiger partial charge < -0.3 is 10.0 Å². The maximum Gasteiger partial charge on any atom is 0.328 e. The quantitative estimate of drug-likeness (QED) is 0.830. The van der Waals surface area contributed by atoms with Crippen molar-refractivity contribution in [3.8, 4) is 0 Å². The molecule has 96 valence electrons. The Bertz CT molecular complexity index is 492. The summed E-state index contributed by atoms with van der Waals surface area (Å²) >= 11 is 0. The van der Waals surface area contributed by atoms with Crippen LogP contribution in [0.3, 0.4) is 0 Å². The average Bonchev–Trinajstić information content (AvgIpc) is 2.35. The number of aliphatic carboxylic acids is 1. The molecule has 0 aliphatic carbocycles. The van der Waals surface area contributed by atoms with E-state index in [1.165, 1.54) is 6.08 Å². The largest absolute Gasteiger partial charge is 0.478 e. The minimum atomic E-state index is -1.01. The van der Waals surface area contributed by atoms with Crippen LogP contribution in [0.4, 0.5) is 0 Å². The Kier molecular flexibility index (Phi) is 4.66. The molecule has 4 heteroatoms. The maximum atomic E-state index is 12.1. The number of amides is 1. The lowest BCUT2D eigenvalue weighted by molar-refractivity contribution is -0.131. The van der Waals surface area contributed by atoms with Crippen LogP contribution in [-0.2, 0) is 4.79 Å². The molecule has 1 rings (SSSR count). The molecule has 0 aliphatic rings. The summed E-state index contributed by atoms with van der Waals surface area (Å²) in [4.78, 5) is 24.1. The standard InChI is InChI=1S/C14H17NO3/c1-4-15(3)14(18)12-9-11(6-5-10(12)2)7-8-13(16)17/h5-9H,4H2,1-3H3,(H,16,17). The van der Waals surface area contributed by atoms with E-state index < -0.39 is 5.97 Å². The van der Waals surface area contributed by atoms with E-state index in [1.54, 1.807) is 24.1 Å². The normalized spacial score (nSPS) is 10.6. The second-order valence-electron chi connectivity index (χ2n) is 4.07. The van der Waals surface area contributed by atoms with Crippen molar-refractivity contribution in [2.45, 2.75) is 13.8 Å². The van der Waals surface area contributed by atoms with E-state index in [0.717, 1.165) is 11.6 Å². The molecular formula is C14H17NO3. The first-order chi connectivity index (χ1) is 8.45. The number of nitrogens with zero attached hydrogens (tertiary/aromatic N) is 1. The molecule has 0 spiro atoms. The van der Waals surface area contributed by atoms with E-state index in [-0.39, 0.29) is 5.91 Å². The lowest BCUT2D eigenvalue weighted by Gasteiger charge is -2.16. The molecule has 0 aliphatic heterocycles. The molecule has 1 aromatic rings. The number of carboxylic acids is 1. The van der Waals surface area contributed by atoms with E-state index in [0.29, 0.717) is 17.7 Å². The molecule has 0 saturated carbocycles. The van der Waals surface area contributed by atoms with Crippen molar-refractivity contribution in [1.29, 1.82) is 0 Å². The van der Waals surface area contributed by atoms with Crippen molar-refractivity contribution in [2.75, 3.05) is 13.6 Å². The Labute approximate surface area is 107 Å². The molecule has 0 bridgehead atoms. The van der Waals surface area contributed by atoms with Gasteiger partial charge in [-0.3, -0.25) is 4.79 Å². The van der Waals surface area contributed by atoms with Gasteiger partial charge in [-0.15, -0.1) is 0 Å². The molecule has 1 amide bonds. The van der Waals surface area contributed by atoms with Gasteiger partial charge in [0.15, 0.2) is 0 Å². The summed E-state index contributed by atoms with van der Waals surface area (Å²) in [5, 5.41) is 8.57. The van der Waals surface area contributed by atoms with Crippen molar-refractivity contribution in [3.63, 3.8) is 0 Å². The van der Waals surface area contributed by atoms with E-state index in [4.69, 9.17) is 5.11 Å². The van der Waals surface area contributed by atoms with Crippen LogP contribution in [-0.4, -0.2) is 35.5 Å². The van der Waals surface area contributed by atoms with E-state index >= 15 is 0 Å². The third-order valence-corrected chi connectivity index (χ3v) is 2.73. The van der Waals surface area contributed by atoms with Crippen LogP contribution in [0.2, 0.25) is 0 Å². The number of carbonyl (C=O) groups excluding carboxylic acids is 1. The molecule has 4 nitrogen and oxygen atoms in total. The van der Waals surface area contributed by atoms with Crippen LogP contribution >= 0.6 is 0 Å². The summed E-state index contributed by atoms with van der Waals surface area (Å²) in [5.74, 6) is -1.06. The fourth-order valence-electron chi connectivity index (χ4n) is 1.49. The fraction of sp³-hybridized carbons (Fsp3) is 0.286. The average molecular weight is 247 g/mol. The topological polar surface area (TPSA) is 57.6 Å². The summed E-state index contributed by atoms with van der Waals surface area (Å²) in [6.07, 6.45) is 2.53. The van der Waals surface area contributed by atoms with Gasteiger partial charge in [0.05, 0.1) is 0 Å². The van der Waals surface area contributed by atoms with Gasteiger partial charge in [-0.1, -0.05) is 12.1 Å². The van der Waals surface area contributed by atoms with Crippen LogP contribution < -0.4 is 0 Å². The molecule has 0 aromatic heterocycles. The number of rotatable bonds is 4. The van der Waals surface area contributed by atoms with Crippen molar-refractivity contribution >= 4 is 18.0 Å². The Hall–Kier alpha value is -2.10. The van der Waals surface area contributed by atoms with E-state index in [2.05, 4.69) is 0 Å². The van der Waals surface area contributed by atoms with E-state index in [1.807, 2.05) is 19.9 Å². The molecular weight excluding hydrogens is 230 g/mol. The summed E-state index contributed by atoms with van der Waals surface area (Å²) in [6, 6.07) is 5.32. The minimum Gasteiger partial charge on any atom is -0.478 e. The third kappa shape index (κ3) is 3.45. The van der Waals surface area contributed by atoms with Crippen molar-refractivity contribution in [1.82, 2.24) is 4.90 Å². The number of hydrogen-bond acceptors (Lipinski definition) is 2. The predicted octanol–water partition coefficient (Wildman–Crippen LogP) is 2.18. The van der Waals surface area contributed by atoms with Gasteiger partial charge in [-0.2, -0.15) is 0 Å². The first-order valence-electron chi connectivity index (χ1n) is 5.72. The smallest absolute Gasteiger partial charge is 0.328 e. The van der Waals surface area contributed by atoms with Gasteiger partial charge in [-0.05, 0) is 37.1 Å². The van der Waals surface area contributed by atoms with Gasteiger partial charge in [-0.25, -0.2) is 4.79 Å². The number of carboxylic acid groups (broad SMARTS) is 1. The van der Waals surface area contributed by atoms with Gasteiger partial charge in [0.2, 0.25) is 0 Å². The number of aryl methyl sites for hydroxylation is 1. The number of hydrogen-bond donors (Lipinski definition) is 1. The van der Waals surface area contributed by atoms with E-state index in [9.17, 15) is 9.59 Å². The summed E-state index contributed by atoms with van der Waals surface area (Å²) in [6.45, 7) is 4.40. The SMILES string of the molecule is CCN(C)C(=O)c1cc(C=CC(=O)O)ccc1C. The van der Waals surface area contributed by atoms with Crippen LogP contribution in [0.1, 0.15) is 28.4 Å². The highest BCUT2D eigenvalue weighted by Gasteiger charge is 2.12. The monoisotopic (exact) mass is 247 g/mol. The lowest BCUT2D eigenvalue weighted by Crippen LogP contribution is -2.26.